The minimum atomic E-state index is -4.45. The van der Waals surface area contributed by atoms with E-state index in [0.29, 0.717) is 10.7 Å². The molecule has 1 heterocycles. The molecule has 3 nitrogen and oxygen atoms in total. The average molecular weight is 290 g/mol. The fraction of sp³-hybridized carbons (Fsp3) is 0.250. The van der Waals surface area contributed by atoms with Gasteiger partial charge in [0, 0.05) is 5.69 Å². The first kappa shape index (κ1) is 13.7. The molecular weight excluding hydrogens is 279 g/mol. The van der Waals surface area contributed by atoms with Crippen molar-refractivity contribution in [3.8, 4) is 0 Å². The Bertz CT molecular complexity index is 605. The lowest BCUT2D eigenvalue weighted by atomic mass is 10.1. The van der Waals surface area contributed by atoms with Crippen LogP contribution >= 0.6 is 11.6 Å². The molecule has 0 spiro atoms. The highest BCUT2D eigenvalue weighted by Crippen LogP contribution is 2.33. The quantitative estimate of drug-likeness (QED) is 0.860. The number of benzene rings is 1. The minimum absolute atomic E-state index is 0.00627. The van der Waals surface area contributed by atoms with Gasteiger partial charge in [0.1, 0.15) is 0 Å². The van der Waals surface area contributed by atoms with Gasteiger partial charge in [-0.25, -0.2) is 0 Å². The predicted octanol–water partition coefficient (Wildman–Crippen LogP) is 3.49. The summed E-state index contributed by atoms with van der Waals surface area (Å²) in [5.41, 5.74) is 5.45. The smallest absolute Gasteiger partial charge is 0.399 e. The second kappa shape index (κ2) is 4.77. The second-order valence-electron chi connectivity index (χ2n) is 4.15. The summed E-state index contributed by atoms with van der Waals surface area (Å²) in [6.45, 7) is 1.69. The van der Waals surface area contributed by atoms with Crippen molar-refractivity contribution >= 4 is 17.3 Å². The van der Waals surface area contributed by atoms with Crippen molar-refractivity contribution in [2.45, 2.75) is 19.6 Å². The Balaban J connectivity index is 2.43. The standard InChI is InChI=1S/C12H11ClF3N3/c1-7-11(13)5-18-19(7)6-8-2-3-9(17)4-10(8)12(14,15)16/h2-5H,6,17H2,1H3. The topological polar surface area (TPSA) is 43.8 Å². The van der Waals surface area contributed by atoms with Crippen LogP contribution < -0.4 is 5.73 Å². The van der Waals surface area contributed by atoms with E-state index in [1.807, 2.05) is 0 Å². The normalized spacial score (nSPS) is 11.8. The largest absolute Gasteiger partial charge is 0.416 e. The number of nitrogens with two attached hydrogens (primary N) is 1. The van der Waals surface area contributed by atoms with E-state index >= 15 is 0 Å². The Hall–Kier alpha value is -1.69. The Labute approximate surface area is 112 Å². The lowest BCUT2D eigenvalue weighted by Gasteiger charge is -2.14. The zero-order chi connectivity index (χ0) is 14.2. The van der Waals surface area contributed by atoms with E-state index in [-0.39, 0.29) is 17.8 Å². The number of alkyl halides is 3. The van der Waals surface area contributed by atoms with Crippen molar-refractivity contribution in [1.29, 1.82) is 0 Å². The second-order valence-corrected chi connectivity index (χ2v) is 4.56. The van der Waals surface area contributed by atoms with E-state index in [2.05, 4.69) is 5.10 Å². The van der Waals surface area contributed by atoms with Gasteiger partial charge in [-0.3, -0.25) is 4.68 Å². The van der Waals surface area contributed by atoms with Gasteiger partial charge in [0.05, 0.1) is 29.0 Å². The van der Waals surface area contributed by atoms with Crippen LogP contribution in [0.2, 0.25) is 5.02 Å². The van der Waals surface area contributed by atoms with Crippen LogP contribution in [0.15, 0.2) is 24.4 Å². The van der Waals surface area contributed by atoms with Crippen molar-refractivity contribution < 1.29 is 13.2 Å². The van der Waals surface area contributed by atoms with Crippen LogP contribution in [-0.2, 0) is 12.7 Å². The third kappa shape index (κ3) is 2.84. The molecule has 0 aliphatic carbocycles. The summed E-state index contributed by atoms with van der Waals surface area (Å²) in [4.78, 5) is 0. The molecule has 2 N–H and O–H groups in total. The van der Waals surface area contributed by atoms with Crippen LogP contribution in [0.25, 0.3) is 0 Å². The van der Waals surface area contributed by atoms with Gasteiger partial charge >= 0.3 is 6.18 Å². The Kier molecular flexibility index (Phi) is 3.45. The zero-order valence-electron chi connectivity index (χ0n) is 10.0. The maximum Gasteiger partial charge on any atom is 0.416 e. The first-order chi connectivity index (χ1) is 8.79. The van der Waals surface area contributed by atoms with E-state index in [1.54, 1.807) is 6.92 Å². The van der Waals surface area contributed by atoms with Crippen LogP contribution in [0.1, 0.15) is 16.8 Å². The summed E-state index contributed by atoms with van der Waals surface area (Å²) >= 11 is 5.82. The summed E-state index contributed by atoms with van der Waals surface area (Å²) in [5, 5.41) is 4.36. The highest BCUT2D eigenvalue weighted by molar-refractivity contribution is 6.31. The maximum atomic E-state index is 12.9. The Morgan fingerprint density at radius 3 is 2.58 bits per heavy atom. The van der Waals surface area contributed by atoms with E-state index < -0.39 is 11.7 Å². The maximum absolute atomic E-state index is 12.9. The van der Waals surface area contributed by atoms with Gasteiger partial charge in [0.15, 0.2) is 0 Å². The molecule has 0 aliphatic heterocycles. The van der Waals surface area contributed by atoms with Gasteiger partial charge in [-0.1, -0.05) is 17.7 Å². The molecule has 0 aliphatic rings. The van der Waals surface area contributed by atoms with Crippen molar-refractivity contribution in [3.05, 3.63) is 46.2 Å². The van der Waals surface area contributed by atoms with E-state index in [9.17, 15) is 13.2 Å². The molecule has 1 aromatic carbocycles. The molecule has 1 aromatic heterocycles. The predicted molar refractivity (Wildman–Crippen MR) is 66.9 cm³/mol. The molecule has 102 valence electrons. The molecule has 2 aromatic rings. The molecular formula is C12H11ClF3N3. The van der Waals surface area contributed by atoms with Gasteiger partial charge in [0.2, 0.25) is 0 Å². The number of rotatable bonds is 2. The number of hydrogen-bond donors (Lipinski definition) is 1. The summed E-state index contributed by atoms with van der Waals surface area (Å²) in [6.07, 6.45) is -3.04. The first-order valence-electron chi connectivity index (χ1n) is 5.42. The molecule has 0 amide bonds. The van der Waals surface area contributed by atoms with Gasteiger partial charge in [-0.2, -0.15) is 18.3 Å². The van der Waals surface area contributed by atoms with Crippen LogP contribution in [0, 0.1) is 6.92 Å². The number of nitrogen functional groups attached to an aromatic ring is 1. The first-order valence-corrected chi connectivity index (χ1v) is 5.80. The summed E-state index contributed by atoms with van der Waals surface area (Å²) in [6, 6.07) is 3.72. The summed E-state index contributed by atoms with van der Waals surface area (Å²) < 4.78 is 40.2. The number of aromatic nitrogens is 2. The van der Waals surface area contributed by atoms with E-state index in [4.69, 9.17) is 17.3 Å². The molecule has 0 bridgehead atoms. The lowest BCUT2D eigenvalue weighted by Crippen LogP contribution is -2.13. The summed E-state index contributed by atoms with van der Waals surface area (Å²) in [5.74, 6) is 0. The van der Waals surface area contributed by atoms with Crippen molar-refractivity contribution in [2.75, 3.05) is 5.73 Å². The number of halogens is 4. The van der Waals surface area contributed by atoms with Crippen LogP contribution in [-0.4, -0.2) is 9.78 Å². The molecule has 0 atom stereocenters. The fourth-order valence-electron chi connectivity index (χ4n) is 1.74. The third-order valence-electron chi connectivity index (χ3n) is 2.80. The molecule has 0 saturated carbocycles. The van der Waals surface area contributed by atoms with Crippen molar-refractivity contribution in [2.24, 2.45) is 0 Å². The molecule has 2 rings (SSSR count). The molecule has 0 radical (unpaired) electrons. The zero-order valence-corrected chi connectivity index (χ0v) is 10.8. The monoisotopic (exact) mass is 289 g/mol. The summed E-state index contributed by atoms with van der Waals surface area (Å²) in [7, 11) is 0. The Morgan fingerprint density at radius 2 is 2.05 bits per heavy atom. The van der Waals surface area contributed by atoms with Crippen LogP contribution in [0.5, 0.6) is 0 Å². The molecule has 7 heteroatoms. The molecule has 0 saturated heterocycles. The van der Waals surface area contributed by atoms with E-state index in [0.717, 1.165) is 6.07 Å². The Morgan fingerprint density at radius 1 is 1.37 bits per heavy atom. The average Bonchev–Trinajstić information content (AvgIpc) is 2.62. The fourth-order valence-corrected chi connectivity index (χ4v) is 1.88. The van der Waals surface area contributed by atoms with E-state index in [1.165, 1.54) is 23.0 Å². The third-order valence-corrected chi connectivity index (χ3v) is 3.17. The van der Waals surface area contributed by atoms with Gasteiger partial charge in [-0.05, 0) is 24.6 Å². The molecule has 0 fully saturated rings. The van der Waals surface area contributed by atoms with Crippen LogP contribution in [0.3, 0.4) is 0 Å². The van der Waals surface area contributed by atoms with Gasteiger partial charge < -0.3 is 5.73 Å². The van der Waals surface area contributed by atoms with Crippen molar-refractivity contribution in [3.63, 3.8) is 0 Å². The highest BCUT2D eigenvalue weighted by atomic mass is 35.5. The molecule has 0 unspecified atom stereocenters. The van der Waals surface area contributed by atoms with Crippen LogP contribution in [0.4, 0.5) is 18.9 Å². The van der Waals surface area contributed by atoms with Crippen molar-refractivity contribution in [1.82, 2.24) is 9.78 Å². The van der Waals surface area contributed by atoms with Gasteiger partial charge in [0.25, 0.3) is 0 Å². The van der Waals surface area contributed by atoms with Gasteiger partial charge in [-0.15, -0.1) is 0 Å². The number of hydrogen-bond acceptors (Lipinski definition) is 2. The molecule has 19 heavy (non-hydrogen) atoms. The number of nitrogens with zero attached hydrogens (tertiary/aromatic N) is 2. The SMILES string of the molecule is Cc1c(Cl)cnn1Cc1ccc(N)cc1C(F)(F)F. The highest BCUT2D eigenvalue weighted by Gasteiger charge is 2.33. The minimum Gasteiger partial charge on any atom is -0.399 e. The number of anilines is 1. The lowest BCUT2D eigenvalue weighted by molar-refractivity contribution is -0.138.